The van der Waals surface area contributed by atoms with Crippen molar-refractivity contribution in [3.05, 3.63) is 70.8 Å². The number of benzene rings is 2. The van der Waals surface area contributed by atoms with Crippen LogP contribution in [0.15, 0.2) is 48.5 Å². The molecular formula is C39H59O2Si2. The van der Waals surface area contributed by atoms with Crippen LogP contribution in [0, 0.1) is 17.8 Å². The highest BCUT2D eigenvalue weighted by Crippen LogP contribution is 2.63. The molecule has 4 bridgehead atoms. The van der Waals surface area contributed by atoms with Crippen LogP contribution in [0.3, 0.4) is 0 Å². The quantitative estimate of drug-likeness (QED) is 0.248. The molecule has 1 radical (unpaired) electrons. The lowest BCUT2D eigenvalue weighted by Gasteiger charge is -2.58. The van der Waals surface area contributed by atoms with Crippen molar-refractivity contribution in [3.8, 4) is 5.75 Å². The third kappa shape index (κ3) is 7.12. The van der Waals surface area contributed by atoms with Crippen molar-refractivity contribution in [1.29, 1.82) is 0 Å². The summed E-state index contributed by atoms with van der Waals surface area (Å²) in [6.45, 7) is 24.2. The lowest BCUT2D eigenvalue weighted by molar-refractivity contribution is -0.00662. The molecular weight excluding hydrogens is 557 g/mol. The summed E-state index contributed by atoms with van der Waals surface area (Å²) >= 11 is 0. The summed E-state index contributed by atoms with van der Waals surface area (Å²) < 4.78 is 13.8. The molecule has 2 aromatic rings. The summed E-state index contributed by atoms with van der Waals surface area (Å²) in [5.74, 6) is 4.03. The van der Waals surface area contributed by atoms with E-state index in [-0.39, 0.29) is 10.5 Å². The van der Waals surface area contributed by atoms with Crippen molar-refractivity contribution < 1.29 is 8.85 Å². The minimum absolute atomic E-state index is 0.102. The Hall–Kier alpha value is -1.63. The first-order valence-electron chi connectivity index (χ1n) is 17.1. The van der Waals surface area contributed by atoms with E-state index >= 15 is 0 Å². The van der Waals surface area contributed by atoms with Gasteiger partial charge < -0.3 is 8.85 Å². The highest BCUT2D eigenvalue weighted by Gasteiger charge is 2.54. The fourth-order valence-electron chi connectivity index (χ4n) is 8.50. The fourth-order valence-corrected chi connectivity index (χ4v) is 10.1. The van der Waals surface area contributed by atoms with E-state index in [0.29, 0.717) is 12.0 Å². The van der Waals surface area contributed by atoms with Crippen molar-refractivity contribution in [2.24, 2.45) is 17.8 Å². The van der Waals surface area contributed by atoms with Gasteiger partial charge in [0.2, 0.25) is 0 Å². The van der Waals surface area contributed by atoms with E-state index in [4.69, 9.17) is 8.85 Å². The molecule has 0 aromatic heterocycles. The topological polar surface area (TPSA) is 18.5 Å². The second kappa shape index (κ2) is 12.3. The third-order valence-corrected chi connectivity index (χ3v) is 16.4. The minimum Gasteiger partial charge on any atom is -0.542 e. The molecule has 0 spiro atoms. The van der Waals surface area contributed by atoms with Gasteiger partial charge in [-0.1, -0.05) is 90.1 Å². The van der Waals surface area contributed by atoms with E-state index in [9.17, 15) is 0 Å². The molecule has 0 saturated heterocycles. The van der Waals surface area contributed by atoms with Crippen molar-refractivity contribution in [1.82, 2.24) is 0 Å². The minimum atomic E-state index is -1.85. The van der Waals surface area contributed by atoms with Crippen LogP contribution in [0.5, 0.6) is 5.75 Å². The average Bonchev–Trinajstić information content (AvgIpc) is 2.89. The predicted molar refractivity (Wildman–Crippen MR) is 189 cm³/mol. The van der Waals surface area contributed by atoms with Crippen molar-refractivity contribution in [3.63, 3.8) is 0 Å². The van der Waals surface area contributed by atoms with E-state index < -0.39 is 17.4 Å². The molecule has 4 heteroatoms. The van der Waals surface area contributed by atoms with Gasteiger partial charge in [-0.05, 0) is 128 Å². The van der Waals surface area contributed by atoms with Crippen LogP contribution < -0.4 is 4.43 Å². The highest BCUT2D eigenvalue weighted by atomic mass is 28.4. The maximum Gasteiger partial charge on any atom is 0.274 e. The molecule has 235 valence electrons. The van der Waals surface area contributed by atoms with Crippen LogP contribution in [0.2, 0.25) is 31.2 Å². The molecule has 43 heavy (non-hydrogen) atoms. The van der Waals surface area contributed by atoms with Crippen LogP contribution in [0.4, 0.5) is 0 Å². The first-order valence-corrected chi connectivity index (χ1v) is 22.4. The van der Waals surface area contributed by atoms with E-state index in [0.717, 1.165) is 30.6 Å². The van der Waals surface area contributed by atoms with Crippen molar-refractivity contribution in [2.75, 3.05) is 6.61 Å². The molecule has 4 saturated carbocycles. The lowest BCUT2D eigenvalue weighted by Crippen LogP contribution is -2.49. The van der Waals surface area contributed by atoms with Gasteiger partial charge in [0.05, 0.1) is 6.61 Å². The van der Waals surface area contributed by atoms with Gasteiger partial charge in [0.25, 0.3) is 9.04 Å². The van der Waals surface area contributed by atoms with Crippen LogP contribution in [-0.4, -0.2) is 24.0 Å². The van der Waals surface area contributed by atoms with Crippen LogP contribution in [-0.2, 0) is 21.7 Å². The van der Waals surface area contributed by atoms with Gasteiger partial charge in [-0.15, -0.1) is 0 Å². The zero-order valence-electron chi connectivity index (χ0n) is 29.0. The smallest absolute Gasteiger partial charge is 0.274 e. The molecule has 0 heterocycles. The number of allylic oxidation sites excluding steroid dienone is 1. The summed E-state index contributed by atoms with van der Waals surface area (Å²) in [6.07, 6.45) is 13.0. The number of aryl methyl sites for hydroxylation is 1. The Kier molecular flexibility index (Phi) is 9.36. The standard InChI is InChI=1S/C39H59O2Si2/c1-37(2,3)34-20-19-32(17-14-18-33(31-15-12-11-13-16-31)27-40-43(9,10)38(4,5)6)36(41-42(7)8)35(34)39-24-28-21-29(25-39)23-30(22-28)26-39/h11-13,15-16,18-20,28-30H,14,17,21-27H2,1-10H3/b33-18+. The Morgan fingerprint density at radius 3 is 1.98 bits per heavy atom. The Morgan fingerprint density at radius 2 is 1.47 bits per heavy atom. The van der Waals surface area contributed by atoms with Gasteiger partial charge >= 0.3 is 0 Å². The van der Waals surface area contributed by atoms with E-state index in [1.807, 2.05) is 0 Å². The Balaban J connectivity index is 1.50. The molecule has 0 amide bonds. The molecule has 4 fully saturated rings. The molecule has 6 rings (SSSR count). The normalized spacial score (nSPS) is 25.9. The van der Waals surface area contributed by atoms with E-state index in [1.165, 1.54) is 61.0 Å². The molecule has 0 aliphatic heterocycles. The van der Waals surface area contributed by atoms with Crippen LogP contribution in [0.1, 0.15) is 109 Å². The Labute approximate surface area is 266 Å². The number of rotatable bonds is 10. The van der Waals surface area contributed by atoms with Crippen LogP contribution >= 0.6 is 0 Å². The lowest BCUT2D eigenvalue weighted by atomic mass is 9.47. The van der Waals surface area contributed by atoms with Crippen molar-refractivity contribution >= 4 is 22.9 Å². The van der Waals surface area contributed by atoms with Gasteiger partial charge in [-0.3, -0.25) is 0 Å². The molecule has 4 aliphatic carbocycles. The van der Waals surface area contributed by atoms with Gasteiger partial charge in [-0.25, -0.2) is 0 Å². The Morgan fingerprint density at radius 1 is 0.884 bits per heavy atom. The maximum absolute atomic E-state index is 7.04. The first kappa shape index (κ1) is 32.8. The zero-order chi connectivity index (χ0) is 31.2. The zero-order valence-corrected chi connectivity index (χ0v) is 31.0. The molecule has 0 atom stereocenters. The van der Waals surface area contributed by atoms with Crippen molar-refractivity contribution in [2.45, 2.75) is 135 Å². The summed E-state index contributed by atoms with van der Waals surface area (Å²) in [7, 11) is -2.77. The van der Waals surface area contributed by atoms with Gasteiger partial charge in [0.1, 0.15) is 5.75 Å². The molecule has 2 aromatic carbocycles. The SMILES string of the molecule is C[Si](C)Oc1c(CC/C=C(\CO[Si](C)(C)C(C)(C)C)c2ccccc2)ccc(C(C)(C)C)c1C12CC3CC(CC(C3)C1)C2. The third-order valence-electron chi connectivity index (χ3n) is 11.3. The maximum atomic E-state index is 7.04. The Bertz CT molecular complexity index is 1260. The monoisotopic (exact) mass is 615 g/mol. The largest absolute Gasteiger partial charge is 0.542 e. The second-order valence-corrected chi connectivity index (χ2v) is 23.9. The van der Waals surface area contributed by atoms with Gasteiger partial charge in [0, 0.05) is 11.0 Å². The summed E-state index contributed by atoms with van der Waals surface area (Å²) in [5.41, 5.74) is 7.58. The molecule has 2 nitrogen and oxygen atoms in total. The predicted octanol–water partition coefficient (Wildman–Crippen LogP) is 11.1. The molecule has 4 aliphatic rings. The number of hydrogen-bond acceptors (Lipinski definition) is 2. The van der Waals surface area contributed by atoms with Crippen LogP contribution in [0.25, 0.3) is 5.57 Å². The molecule has 0 unspecified atom stereocenters. The fraction of sp³-hybridized carbons (Fsp3) is 0.641. The van der Waals surface area contributed by atoms with Gasteiger partial charge in [-0.2, -0.15) is 0 Å². The average molecular weight is 616 g/mol. The summed E-state index contributed by atoms with van der Waals surface area (Å²) in [4.78, 5) is 0. The second-order valence-electron chi connectivity index (χ2n) is 17.1. The van der Waals surface area contributed by atoms with E-state index in [1.54, 1.807) is 11.1 Å². The highest BCUT2D eigenvalue weighted by molar-refractivity contribution is 6.74. The summed E-state index contributed by atoms with van der Waals surface area (Å²) in [5, 5.41) is 0.198. The number of hydrogen-bond donors (Lipinski definition) is 0. The molecule has 0 N–H and O–H groups in total. The summed E-state index contributed by atoms with van der Waals surface area (Å²) in [6, 6.07) is 15.8. The first-order chi connectivity index (χ1) is 20.1. The van der Waals surface area contributed by atoms with Gasteiger partial charge in [0.15, 0.2) is 8.32 Å². The van der Waals surface area contributed by atoms with E-state index in [2.05, 4.69) is 116 Å².